The summed E-state index contributed by atoms with van der Waals surface area (Å²) in [7, 11) is 0. The molecule has 6 nitrogen and oxygen atoms in total. The monoisotopic (exact) mass is 358 g/mol. The van der Waals surface area contributed by atoms with Crippen LogP contribution in [0, 0.1) is 28.1 Å². The highest BCUT2D eigenvalue weighted by molar-refractivity contribution is 5.89. The van der Waals surface area contributed by atoms with Gasteiger partial charge >= 0.3 is 5.97 Å². The number of hydrogen-bond donors (Lipinski definition) is 0. The predicted octanol–water partition coefficient (Wildman–Crippen LogP) is 3.15. The minimum absolute atomic E-state index is 0.00685. The molecule has 2 unspecified atom stereocenters. The zero-order valence-corrected chi connectivity index (χ0v) is 15.4. The quantitative estimate of drug-likeness (QED) is 0.604. The number of carbonyl (C=O) groups is 1. The molecule has 27 heavy (non-hydrogen) atoms. The minimum Gasteiger partial charge on any atom is -0.426 e. The van der Waals surface area contributed by atoms with Crippen molar-refractivity contribution in [3.8, 4) is 17.9 Å². The van der Waals surface area contributed by atoms with Gasteiger partial charge in [-0.15, -0.1) is 0 Å². The number of rotatable bonds is 2. The second-order valence-electron chi connectivity index (χ2n) is 7.91. The van der Waals surface area contributed by atoms with Crippen LogP contribution in [0.15, 0.2) is 30.3 Å². The SMILES string of the molecule is CC12CCC(C(=O)Oc3ccccc3)(c3nc(C#N)c(C#N)nc31)C2(C)C. The number of carbonyl (C=O) groups excluding carboxylic acids is 1. The van der Waals surface area contributed by atoms with Gasteiger partial charge in [-0.25, -0.2) is 9.97 Å². The average Bonchev–Trinajstić information content (AvgIpc) is 2.97. The first kappa shape index (κ1) is 17.2. The fourth-order valence-electron chi connectivity index (χ4n) is 4.77. The van der Waals surface area contributed by atoms with Crippen molar-refractivity contribution < 1.29 is 9.53 Å². The molecule has 0 saturated heterocycles. The Morgan fingerprint density at radius 3 is 2.19 bits per heavy atom. The molecule has 1 heterocycles. The van der Waals surface area contributed by atoms with Crippen LogP contribution < -0.4 is 4.74 Å². The van der Waals surface area contributed by atoms with E-state index in [9.17, 15) is 15.3 Å². The van der Waals surface area contributed by atoms with Gasteiger partial charge in [0, 0.05) is 5.41 Å². The fraction of sp³-hybridized carbons (Fsp3) is 0.381. The number of nitriles is 2. The van der Waals surface area contributed by atoms with Gasteiger partial charge in [0.1, 0.15) is 23.3 Å². The average molecular weight is 358 g/mol. The molecule has 2 aliphatic rings. The zero-order chi connectivity index (χ0) is 19.4. The Morgan fingerprint density at radius 2 is 1.59 bits per heavy atom. The summed E-state index contributed by atoms with van der Waals surface area (Å²) in [6, 6.07) is 12.8. The van der Waals surface area contributed by atoms with Crippen LogP contribution in [0.4, 0.5) is 0 Å². The van der Waals surface area contributed by atoms with Gasteiger partial charge in [-0.05, 0) is 30.4 Å². The molecule has 2 atom stereocenters. The third kappa shape index (κ3) is 1.90. The zero-order valence-electron chi connectivity index (χ0n) is 15.4. The Kier molecular flexibility index (Phi) is 3.42. The van der Waals surface area contributed by atoms with Gasteiger partial charge in [0.25, 0.3) is 0 Å². The number of nitrogens with zero attached hydrogens (tertiary/aromatic N) is 4. The third-order valence-corrected chi connectivity index (χ3v) is 6.78. The third-order valence-electron chi connectivity index (χ3n) is 6.78. The molecule has 0 N–H and O–H groups in total. The standard InChI is InChI=1S/C21H18N4O2/c1-19(2)20(3)9-10-21(19,18(26)27-13-7-5-4-6-8-13)17-16(20)24-14(11-22)15(12-23)25-17/h4-8H,9-10H2,1-3H3. The lowest BCUT2D eigenvalue weighted by atomic mass is 9.64. The van der Waals surface area contributed by atoms with Crippen LogP contribution in [0.2, 0.25) is 0 Å². The molecule has 4 rings (SSSR count). The van der Waals surface area contributed by atoms with Gasteiger partial charge in [0.2, 0.25) is 0 Å². The largest absolute Gasteiger partial charge is 0.426 e. The van der Waals surface area contributed by atoms with Crippen LogP contribution in [0.3, 0.4) is 0 Å². The van der Waals surface area contributed by atoms with Crippen molar-refractivity contribution in [3.05, 3.63) is 53.1 Å². The first-order chi connectivity index (χ1) is 12.8. The molecule has 0 radical (unpaired) electrons. The molecule has 2 bridgehead atoms. The summed E-state index contributed by atoms with van der Waals surface area (Å²) in [5.41, 5.74) is -0.862. The van der Waals surface area contributed by atoms with Crippen LogP contribution in [0.25, 0.3) is 0 Å². The molecular weight excluding hydrogens is 340 g/mol. The Bertz CT molecular complexity index is 1050. The van der Waals surface area contributed by atoms with Crippen molar-refractivity contribution in [2.24, 2.45) is 5.41 Å². The van der Waals surface area contributed by atoms with Crippen molar-refractivity contribution in [1.29, 1.82) is 10.5 Å². The molecule has 1 aromatic heterocycles. The number of ether oxygens (including phenoxy) is 1. The van der Waals surface area contributed by atoms with Crippen LogP contribution in [0.5, 0.6) is 5.75 Å². The normalized spacial score (nSPS) is 26.7. The predicted molar refractivity (Wildman–Crippen MR) is 95.6 cm³/mol. The molecule has 6 heteroatoms. The van der Waals surface area contributed by atoms with Crippen molar-refractivity contribution >= 4 is 5.97 Å². The van der Waals surface area contributed by atoms with E-state index in [4.69, 9.17) is 4.74 Å². The second-order valence-corrected chi connectivity index (χ2v) is 7.91. The van der Waals surface area contributed by atoms with Gasteiger partial charge < -0.3 is 4.74 Å². The van der Waals surface area contributed by atoms with Gasteiger partial charge in [-0.3, -0.25) is 4.79 Å². The van der Waals surface area contributed by atoms with E-state index < -0.39 is 16.2 Å². The summed E-state index contributed by atoms with van der Waals surface area (Å²) >= 11 is 0. The number of hydrogen-bond acceptors (Lipinski definition) is 6. The first-order valence-corrected chi connectivity index (χ1v) is 8.82. The highest BCUT2D eigenvalue weighted by Gasteiger charge is 2.74. The maximum Gasteiger partial charge on any atom is 0.324 e. The van der Waals surface area contributed by atoms with Crippen LogP contribution >= 0.6 is 0 Å². The van der Waals surface area contributed by atoms with Crippen LogP contribution in [0.1, 0.15) is 56.4 Å². The molecule has 1 saturated carbocycles. The highest BCUT2D eigenvalue weighted by Crippen LogP contribution is 2.70. The van der Waals surface area contributed by atoms with Crippen LogP contribution in [-0.4, -0.2) is 15.9 Å². The van der Waals surface area contributed by atoms with E-state index in [2.05, 4.69) is 16.9 Å². The fourth-order valence-corrected chi connectivity index (χ4v) is 4.77. The van der Waals surface area contributed by atoms with E-state index in [0.29, 0.717) is 23.6 Å². The Balaban J connectivity index is 1.93. The van der Waals surface area contributed by atoms with Gasteiger partial charge in [0.05, 0.1) is 11.4 Å². The summed E-state index contributed by atoms with van der Waals surface area (Å²) in [5, 5.41) is 18.7. The van der Waals surface area contributed by atoms with Crippen molar-refractivity contribution in [2.75, 3.05) is 0 Å². The summed E-state index contributed by atoms with van der Waals surface area (Å²) in [6.45, 7) is 6.10. The number of para-hydroxylation sites is 1. The molecular formula is C21H18N4O2. The van der Waals surface area contributed by atoms with E-state index in [1.54, 1.807) is 24.3 Å². The minimum atomic E-state index is -1.00. The molecule has 2 aliphatic carbocycles. The first-order valence-electron chi connectivity index (χ1n) is 8.82. The summed E-state index contributed by atoms with van der Waals surface area (Å²) in [5.74, 6) is 0.0842. The van der Waals surface area contributed by atoms with Crippen molar-refractivity contribution in [1.82, 2.24) is 9.97 Å². The number of esters is 1. The maximum atomic E-state index is 13.4. The Labute approximate surface area is 157 Å². The summed E-state index contributed by atoms with van der Waals surface area (Å²) < 4.78 is 5.73. The van der Waals surface area contributed by atoms with E-state index in [1.807, 2.05) is 32.1 Å². The molecule has 1 aromatic carbocycles. The number of fused-ring (bicyclic) bond motifs is 5. The van der Waals surface area contributed by atoms with E-state index in [-0.39, 0.29) is 17.4 Å². The van der Waals surface area contributed by atoms with Gasteiger partial charge in [0.15, 0.2) is 11.4 Å². The Hall–Kier alpha value is -3.25. The smallest absolute Gasteiger partial charge is 0.324 e. The van der Waals surface area contributed by atoms with E-state index >= 15 is 0 Å². The molecule has 2 aromatic rings. The van der Waals surface area contributed by atoms with E-state index in [1.165, 1.54) is 0 Å². The lowest BCUT2D eigenvalue weighted by Crippen LogP contribution is -2.48. The Morgan fingerprint density at radius 1 is 1.00 bits per heavy atom. The number of aromatic nitrogens is 2. The molecule has 0 aliphatic heterocycles. The summed E-state index contributed by atoms with van der Waals surface area (Å²) in [4.78, 5) is 22.4. The maximum absolute atomic E-state index is 13.4. The molecule has 0 amide bonds. The van der Waals surface area contributed by atoms with Gasteiger partial charge in [-0.2, -0.15) is 10.5 Å². The molecule has 134 valence electrons. The van der Waals surface area contributed by atoms with E-state index in [0.717, 1.165) is 6.42 Å². The van der Waals surface area contributed by atoms with Crippen LogP contribution in [-0.2, 0) is 15.6 Å². The topological polar surface area (TPSA) is 99.7 Å². The van der Waals surface area contributed by atoms with Crippen molar-refractivity contribution in [2.45, 2.75) is 44.4 Å². The lowest BCUT2D eigenvalue weighted by molar-refractivity contribution is -0.145. The van der Waals surface area contributed by atoms with Crippen molar-refractivity contribution in [3.63, 3.8) is 0 Å². The molecule has 1 fully saturated rings. The second kappa shape index (κ2) is 5.37. The number of benzene rings is 1. The lowest BCUT2D eigenvalue weighted by Gasteiger charge is -2.38. The highest BCUT2D eigenvalue weighted by atomic mass is 16.5. The molecule has 0 spiro atoms. The van der Waals surface area contributed by atoms with Gasteiger partial charge in [-0.1, -0.05) is 39.0 Å². The summed E-state index contributed by atoms with van der Waals surface area (Å²) in [6.07, 6.45) is 1.31.